The molecule has 2 aliphatic heterocycles. The number of amides is 2. The Morgan fingerprint density at radius 3 is 2.42 bits per heavy atom. The van der Waals surface area contributed by atoms with Crippen LogP contribution in [-0.4, -0.2) is 50.3 Å². The topological polar surface area (TPSA) is 96.0 Å². The SMILES string of the molecule is Cc1ccc(S(=O)(=O)N2CCC[C@H](C(=O)N3C[C@H](C(=O)NCc4ccccc4)Oc4ccccc43)C2)cc1. The largest absolute Gasteiger partial charge is 0.477 e. The van der Waals surface area contributed by atoms with Crippen molar-refractivity contribution in [2.24, 2.45) is 5.92 Å². The number of piperidine rings is 1. The van der Waals surface area contributed by atoms with Gasteiger partial charge in [0.15, 0.2) is 6.10 Å². The lowest BCUT2D eigenvalue weighted by Gasteiger charge is -2.38. The quantitative estimate of drug-likeness (QED) is 0.523. The van der Waals surface area contributed by atoms with Crippen molar-refractivity contribution in [3.63, 3.8) is 0 Å². The molecule has 0 bridgehead atoms. The maximum atomic E-state index is 13.8. The molecule has 0 saturated carbocycles. The molecular formula is C29H31N3O5S. The van der Waals surface area contributed by atoms with Gasteiger partial charge in [-0.2, -0.15) is 4.31 Å². The fourth-order valence-corrected chi connectivity index (χ4v) is 6.44. The number of nitrogens with one attached hydrogen (secondary N) is 1. The fourth-order valence-electron chi connectivity index (χ4n) is 4.92. The van der Waals surface area contributed by atoms with E-state index >= 15 is 0 Å². The molecule has 3 aromatic rings. The molecule has 9 heteroatoms. The minimum absolute atomic E-state index is 0.0533. The number of carbonyl (C=O) groups excluding carboxylic acids is 2. The molecule has 2 heterocycles. The van der Waals surface area contributed by atoms with Gasteiger partial charge in [0, 0.05) is 19.6 Å². The third kappa shape index (κ3) is 5.44. The maximum absolute atomic E-state index is 13.8. The number of para-hydroxylation sites is 2. The van der Waals surface area contributed by atoms with Gasteiger partial charge >= 0.3 is 0 Å². The summed E-state index contributed by atoms with van der Waals surface area (Å²) < 4.78 is 34.0. The Morgan fingerprint density at radius 1 is 0.947 bits per heavy atom. The van der Waals surface area contributed by atoms with Crippen LogP contribution in [0, 0.1) is 12.8 Å². The van der Waals surface area contributed by atoms with Crippen LogP contribution in [0.2, 0.25) is 0 Å². The first-order valence-electron chi connectivity index (χ1n) is 12.8. The van der Waals surface area contributed by atoms with Crippen molar-refractivity contribution in [2.45, 2.75) is 37.3 Å². The number of ether oxygens (including phenoxy) is 1. The lowest BCUT2D eigenvalue weighted by molar-refractivity contribution is -0.129. The van der Waals surface area contributed by atoms with Crippen molar-refractivity contribution in [3.05, 3.63) is 90.0 Å². The molecule has 1 saturated heterocycles. The molecule has 5 rings (SSSR count). The average molecular weight is 534 g/mol. The molecule has 38 heavy (non-hydrogen) atoms. The van der Waals surface area contributed by atoms with Gasteiger partial charge < -0.3 is 15.0 Å². The zero-order chi connectivity index (χ0) is 26.7. The molecule has 8 nitrogen and oxygen atoms in total. The van der Waals surface area contributed by atoms with Crippen LogP contribution in [0.25, 0.3) is 0 Å². The molecule has 2 amide bonds. The fraction of sp³-hybridized carbons (Fsp3) is 0.310. The zero-order valence-corrected chi connectivity index (χ0v) is 22.1. The van der Waals surface area contributed by atoms with E-state index in [1.165, 1.54) is 4.31 Å². The Balaban J connectivity index is 1.32. The highest BCUT2D eigenvalue weighted by atomic mass is 32.2. The van der Waals surface area contributed by atoms with Crippen LogP contribution in [0.1, 0.15) is 24.0 Å². The van der Waals surface area contributed by atoms with E-state index in [0.717, 1.165) is 11.1 Å². The predicted molar refractivity (Wildman–Crippen MR) is 144 cm³/mol. The highest BCUT2D eigenvalue weighted by molar-refractivity contribution is 7.89. The number of rotatable bonds is 6. The van der Waals surface area contributed by atoms with Crippen molar-refractivity contribution < 1.29 is 22.7 Å². The standard InChI is InChI=1S/C29H31N3O5S/c1-21-13-15-24(16-14-21)38(35,36)31-17-7-10-23(19-31)29(34)32-20-27(37-26-12-6-5-11-25(26)32)28(33)30-18-22-8-3-2-4-9-22/h2-6,8-9,11-16,23,27H,7,10,17-20H2,1H3,(H,30,33)/t23-,27+/m0/s1. The van der Waals surface area contributed by atoms with E-state index in [-0.39, 0.29) is 29.8 Å². The highest BCUT2D eigenvalue weighted by Crippen LogP contribution is 2.35. The maximum Gasteiger partial charge on any atom is 0.263 e. The number of aryl methyl sites for hydroxylation is 1. The second-order valence-electron chi connectivity index (χ2n) is 9.74. The van der Waals surface area contributed by atoms with Crippen LogP contribution >= 0.6 is 0 Å². The van der Waals surface area contributed by atoms with Gasteiger partial charge in [-0.05, 0) is 49.6 Å². The molecule has 198 valence electrons. The van der Waals surface area contributed by atoms with E-state index in [2.05, 4.69) is 5.32 Å². The first-order chi connectivity index (χ1) is 18.3. The Morgan fingerprint density at radius 2 is 1.66 bits per heavy atom. The number of fused-ring (bicyclic) bond motifs is 1. The van der Waals surface area contributed by atoms with E-state index in [4.69, 9.17) is 4.74 Å². The first-order valence-corrected chi connectivity index (χ1v) is 14.2. The summed E-state index contributed by atoms with van der Waals surface area (Å²) in [6, 6.07) is 23.4. The second kappa shape index (κ2) is 11.0. The first kappa shape index (κ1) is 25.9. The summed E-state index contributed by atoms with van der Waals surface area (Å²) in [5.74, 6) is -0.589. The Labute approximate surface area is 223 Å². The van der Waals surface area contributed by atoms with Gasteiger partial charge in [0.25, 0.3) is 5.91 Å². The third-order valence-corrected chi connectivity index (χ3v) is 8.91. The van der Waals surface area contributed by atoms with Crippen LogP contribution in [0.15, 0.2) is 83.8 Å². The van der Waals surface area contributed by atoms with Gasteiger partial charge in [-0.3, -0.25) is 9.59 Å². The summed E-state index contributed by atoms with van der Waals surface area (Å²) in [6.45, 7) is 2.77. The Kier molecular flexibility index (Phi) is 7.49. The van der Waals surface area contributed by atoms with Crippen molar-refractivity contribution in [1.82, 2.24) is 9.62 Å². The van der Waals surface area contributed by atoms with Gasteiger partial charge in [-0.15, -0.1) is 0 Å². The number of hydrogen-bond acceptors (Lipinski definition) is 5. The molecule has 0 spiro atoms. The van der Waals surface area contributed by atoms with Crippen LogP contribution in [0.5, 0.6) is 5.75 Å². The van der Waals surface area contributed by atoms with E-state index < -0.39 is 22.0 Å². The van der Waals surface area contributed by atoms with E-state index in [1.807, 2.05) is 43.3 Å². The third-order valence-electron chi connectivity index (χ3n) is 7.03. The molecular weight excluding hydrogens is 502 g/mol. The van der Waals surface area contributed by atoms with E-state index in [9.17, 15) is 18.0 Å². The molecule has 1 N–H and O–H groups in total. The van der Waals surface area contributed by atoms with Crippen molar-refractivity contribution in [2.75, 3.05) is 24.5 Å². The lowest BCUT2D eigenvalue weighted by Crippen LogP contribution is -2.53. The minimum atomic E-state index is -3.72. The molecule has 2 atom stereocenters. The van der Waals surface area contributed by atoms with Gasteiger partial charge in [0.05, 0.1) is 23.0 Å². The molecule has 3 aromatic carbocycles. The highest BCUT2D eigenvalue weighted by Gasteiger charge is 2.39. The van der Waals surface area contributed by atoms with Crippen LogP contribution < -0.4 is 15.0 Å². The van der Waals surface area contributed by atoms with E-state index in [1.54, 1.807) is 47.4 Å². The Bertz CT molecular complexity index is 1410. The predicted octanol–water partition coefficient (Wildman–Crippen LogP) is 3.51. The summed E-state index contributed by atoms with van der Waals surface area (Å²) in [5, 5.41) is 2.90. The van der Waals surface area contributed by atoms with Crippen molar-refractivity contribution in [3.8, 4) is 5.75 Å². The van der Waals surface area contributed by atoms with Crippen LogP contribution in [0.4, 0.5) is 5.69 Å². The van der Waals surface area contributed by atoms with E-state index in [0.29, 0.717) is 37.4 Å². The second-order valence-corrected chi connectivity index (χ2v) is 11.7. The molecule has 0 unspecified atom stereocenters. The molecule has 2 aliphatic rings. The summed E-state index contributed by atoms with van der Waals surface area (Å²) in [4.78, 5) is 28.7. The summed E-state index contributed by atoms with van der Waals surface area (Å²) >= 11 is 0. The lowest BCUT2D eigenvalue weighted by atomic mass is 9.97. The van der Waals surface area contributed by atoms with Gasteiger partial charge in [-0.1, -0.05) is 60.2 Å². The number of nitrogens with zero attached hydrogens (tertiary/aromatic N) is 2. The number of benzene rings is 3. The zero-order valence-electron chi connectivity index (χ0n) is 21.2. The number of carbonyl (C=O) groups is 2. The molecule has 1 fully saturated rings. The number of hydrogen-bond donors (Lipinski definition) is 1. The molecule has 0 aromatic heterocycles. The summed E-state index contributed by atoms with van der Waals surface area (Å²) in [6.07, 6.45) is 0.269. The smallest absolute Gasteiger partial charge is 0.263 e. The molecule has 0 aliphatic carbocycles. The van der Waals surface area contributed by atoms with Crippen molar-refractivity contribution >= 4 is 27.5 Å². The van der Waals surface area contributed by atoms with Gasteiger partial charge in [-0.25, -0.2) is 8.42 Å². The molecule has 0 radical (unpaired) electrons. The number of sulfonamides is 1. The van der Waals surface area contributed by atoms with Gasteiger partial charge in [0.1, 0.15) is 5.75 Å². The van der Waals surface area contributed by atoms with Crippen molar-refractivity contribution in [1.29, 1.82) is 0 Å². The monoisotopic (exact) mass is 533 g/mol. The average Bonchev–Trinajstić information content (AvgIpc) is 2.95. The van der Waals surface area contributed by atoms with Crippen LogP contribution in [0.3, 0.4) is 0 Å². The normalized spacial score (nSPS) is 19.8. The minimum Gasteiger partial charge on any atom is -0.477 e. The summed E-state index contributed by atoms with van der Waals surface area (Å²) in [5.41, 5.74) is 2.52. The van der Waals surface area contributed by atoms with Gasteiger partial charge in [0.2, 0.25) is 15.9 Å². The van der Waals surface area contributed by atoms with Crippen LogP contribution in [-0.2, 0) is 26.2 Å². The Hall–Kier alpha value is -3.69. The summed E-state index contributed by atoms with van der Waals surface area (Å²) in [7, 11) is -3.72. The number of anilines is 1.